The van der Waals surface area contributed by atoms with Gasteiger partial charge in [-0.3, -0.25) is 4.79 Å². The molecule has 1 aromatic heterocycles. The van der Waals surface area contributed by atoms with Crippen LogP contribution >= 0.6 is 0 Å². The fourth-order valence-electron chi connectivity index (χ4n) is 2.45. The normalized spacial score (nSPS) is 10.8. The van der Waals surface area contributed by atoms with Crippen LogP contribution in [0, 0.1) is 6.92 Å². The number of aryl methyl sites for hydroxylation is 2. The highest BCUT2D eigenvalue weighted by Gasteiger charge is 2.05. The summed E-state index contributed by atoms with van der Waals surface area (Å²) in [5.41, 5.74) is 5.34. The highest BCUT2D eigenvalue weighted by atomic mass is 16.1. The van der Waals surface area contributed by atoms with Crippen molar-refractivity contribution < 1.29 is 4.79 Å². The van der Waals surface area contributed by atoms with Crippen LogP contribution in [0.1, 0.15) is 16.7 Å². The van der Waals surface area contributed by atoms with Gasteiger partial charge in [0.05, 0.1) is 23.8 Å². The Hall–Kier alpha value is -2.62. The van der Waals surface area contributed by atoms with Crippen LogP contribution in [0.2, 0.25) is 0 Å². The number of hydrogen-bond donors (Lipinski definition) is 1. The van der Waals surface area contributed by atoms with E-state index in [4.69, 9.17) is 0 Å². The lowest BCUT2D eigenvalue weighted by atomic mass is 10.1. The van der Waals surface area contributed by atoms with Gasteiger partial charge in [0.25, 0.3) is 0 Å². The second-order valence-electron chi connectivity index (χ2n) is 5.62. The van der Waals surface area contributed by atoms with Gasteiger partial charge in [-0.1, -0.05) is 35.9 Å². The second-order valence-corrected chi connectivity index (χ2v) is 5.62. The van der Waals surface area contributed by atoms with Crippen molar-refractivity contribution in [3.63, 3.8) is 0 Å². The monoisotopic (exact) mass is 293 g/mol. The topological polar surface area (TPSA) is 46.9 Å². The molecule has 1 heterocycles. The Morgan fingerprint density at radius 2 is 1.86 bits per heavy atom. The number of carbonyl (C=O) groups is 1. The zero-order chi connectivity index (χ0) is 15.5. The highest BCUT2D eigenvalue weighted by molar-refractivity contribution is 5.79. The molecule has 0 saturated carbocycles. The van der Waals surface area contributed by atoms with Gasteiger partial charge in [0.1, 0.15) is 0 Å². The first kappa shape index (κ1) is 14.3. The molecule has 3 aromatic rings. The smallest absolute Gasteiger partial charge is 0.224 e. The van der Waals surface area contributed by atoms with E-state index in [0.717, 1.165) is 22.2 Å². The molecule has 0 saturated heterocycles. The molecule has 1 amide bonds. The number of nitrogens with zero attached hydrogens (tertiary/aromatic N) is 2. The average molecular weight is 293 g/mol. The number of carbonyl (C=O) groups excluding carboxylic acids is 1. The first-order valence-corrected chi connectivity index (χ1v) is 7.34. The molecule has 0 aliphatic heterocycles. The summed E-state index contributed by atoms with van der Waals surface area (Å²) in [7, 11) is 1.97. The minimum Gasteiger partial charge on any atom is -0.352 e. The van der Waals surface area contributed by atoms with Crippen LogP contribution in [0.5, 0.6) is 0 Å². The van der Waals surface area contributed by atoms with Gasteiger partial charge in [0.2, 0.25) is 5.91 Å². The van der Waals surface area contributed by atoms with Crippen LogP contribution in [-0.4, -0.2) is 15.5 Å². The van der Waals surface area contributed by atoms with Gasteiger partial charge in [-0.25, -0.2) is 4.98 Å². The van der Waals surface area contributed by atoms with Gasteiger partial charge in [-0.15, -0.1) is 0 Å². The fraction of sp³-hybridized carbons (Fsp3) is 0.222. The quantitative estimate of drug-likeness (QED) is 0.804. The zero-order valence-electron chi connectivity index (χ0n) is 12.8. The third kappa shape index (κ3) is 3.17. The Labute approximate surface area is 129 Å². The van der Waals surface area contributed by atoms with Crippen molar-refractivity contribution in [2.45, 2.75) is 19.9 Å². The van der Waals surface area contributed by atoms with E-state index in [1.807, 2.05) is 61.0 Å². The van der Waals surface area contributed by atoms with Crippen LogP contribution in [0.4, 0.5) is 0 Å². The SMILES string of the molecule is Cc1ccc(CC(=O)NCc2ccc3c(c2)ncn3C)cc1. The molecular formula is C18H19N3O. The predicted molar refractivity (Wildman–Crippen MR) is 87.4 cm³/mol. The van der Waals surface area contributed by atoms with Crippen molar-refractivity contribution in [2.75, 3.05) is 0 Å². The molecule has 0 spiro atoms. The minimum absolute atomic E-state index is 0.0324. The van der Waals surface area contributed by atoms with Crippen molar-refractivity contribution >= 4 is 16.9 Å². The van der Waals surface area contributed by atoms with Gasteiger partial charge >= 0.3 is 0 Å². The Bertz CT molecular complexity index is 803. The first-order chi connectivity index (χ1) is 10.6. The Morgan fingerprint density at radius 3 is 2.64 bits per heavy atom. The number of benzene rings is 2. The van der Waals surface area contributed by atoms with Gasteiger partial charge < -0.3 is 9.88 Å². The largest absolute Gasteiger partial charge is 0.352 e. The van der Waals surface area contributed by atoms with E-state index in [0.29, 0.717) is 13.0 Å². The molecular weight excluding hydrogens is 274 g/mol. The molecule has 0 unspecified atom stereocenters. The van der Waals surface area contributed by atoms with E-state index < -0.39 is 0 Å². The summed E-state index contributed by atoms with van der Waals surface area (Å²) in [4.78, 5) is 16.3. The maximum absolute atomic E-state index is 12.0. The standard InChI is InChI=1S/C18H19N3O/c1-13-3-5-14(6-4-13)10-18(22)19-11-15-7-8-17-16(9-15)20-12-21(17)2/h3-9,12H,10-11H2,1-2H3,(H,19,22). The van der Waals surface area contributed by atoms with Gasteiger partial charge in [0, 0.05) is 13.6 Å². The molecule has 0 bridgehead atoms. The van der Waals surface area contributed by atoms with Crippen molar-refractivity contribution in [1.82, 2.24) is 14.9 Å². The molecule has 22 heavy (non-hydrogen) atoms. The third-order valence-electron chi connectivity index (χ3n) is 3.76. The van der Waals surface area contributed by atoms with Crippen molar-refractivity contribution in [3.05, 3.63) is 65.5 Å². The summed E-state index contributed by atoms with van der Waals surface area (Å²) in [6.07, 6.45) is 2.20. The molecule has 0 aliphatic rings. The van der Waals surface area contributed by atoms with Crippen molar-refractivity contribution in [2.24, 2.45) is 7.05 Å². The van der Waals surface area contributed by atoms with E-state index in [1.165, 1.54) is 5.56 Å². The molecule has 4 heteroatoms. The van der Waals surface area contributed by atoms with Crippen LogP contribution in [0.25, 0.3) is 11.0 Å². The molecule has 3 rings (SSSR count). The Morgan fingerprint density at radius 1 is 1.14 bits per heavy atom. The fourth-order valence-corrected chi connectivity index (χ4v) is 2.45. The number of rotatable bonds is 4. The number of fused-ring (bicyclic) bond motifs is 1. The van der Waals surface area contributed by atoms with E-state index in [2.05, 4.69) is 10.3 Å². The van der Waals surface area contributed by atoms with Gasteiger partial charge in [-0.2, -0.15) is 0 Å². The molecule has 0 radical (unpaired) electrons. The summed E-state index contributed by atoms with van der Waals surface area (Å²) in [5.74, 6) is 0.0324. The summed E-state index contributed by atoms with van der Waals surface area (Å²) in [6.45, 7) is 2.56. The Balaban J connectivity index is 1.60. The predicted octanol–water partition coefficient (Wildman–Crippen LogP) is 2.74. The van der Waals surface area contributed by atoms with Crippen LogP contribution in [0.15, 0.2) is 48.8 Å². The van der Waals surface area contributed by atoms with Crippen LogP contribution in [0.3, 0.4) is 0 Å². The highest BCUT2D eigenvalue weighted by Crippen LogP contribution is 2.13. The summed E-state index contributed by atoms with van der Waals surface area (Å²) in [5, 5.41) is 2.96. The van der Waals surface area contributed by atoms with Crippen LogP contribution < -0.4 is 5.32 Å². The minimum atomic E-state index is 0.0324. The molecule has 1 N–H and O–H groups in total. The summed E-state index contributed by atoms with van der Waals surface area (Å²) in [6, 6.07) is 14.1. The molecule has 4 nitrogen and oxygen atoms in total. The molecule has 112 valence electrons. The van der Waals surface area contributed by atoms with Crippen molar-refractivity contribution in [1.29, 1.82) is 0 Å². The summed E-state index contributed by atoms with van der Waals surface area (Å²) < 4.78 is 1.98. The summed E-state index contributed by atoms with van der Waals surface area (Å²) >= 11 is 0. The molecule has 0 fully saturated rings. The lowest BCUT2D eigenvalue weighted by Gasteiger charge is -2.06. The Kier molecular flexibility index (Phi) is 3.92. The molecule has 0 aliphatic carbocycles. The third-order valence-corrected chi connectivity index (χ3v) is 3.76. The average Bonchev–Trinajstić information content (AvgIpc) is 2.88. The van der Waals surface area contributed by atoms with Gasteiger partial charge in [-0.05, 0) is 30.2 Å². The number of amides is 1. The molecule has 0 atom stereocenters. The first-order valence-electron chi connectivity index (χ1n) is 7.34. The van der Waals surface area contributed by atoms with E-state index in [9.17, 15) is 4.79 Å². The number of imidazole rings is 1. The number of hydrogen-bond acceptors (Lipinski definition) is 2. The molecule has 2 aromatic carbocycles. The maximum atomic E-state index is 12.0. The van der Waals surface area contributed by atoms with Crippen LogP contribution in [-0.2, 0) is 24.8 Å². The lowest BCUT2D eigenvalue weighted by molar-refractivity contribution is -0.120. The number of aromatic nitrogens is 2. The van der Waals surface area contributed by atoms with Crippen molar-refractivity contribution in [3.8, 4) is 0 Å². The van der Waals surface area contributed by atoms with E-state index in [-0.39, 0.29) is 5.91 Å². The maximum Gasteiger partial charge on any atom is 0.224 e. The van der Waals surface area contributed by atoms with E-state index in [1.54, 1.807) is 6.33 Å². The lowest BCUT2D eigenvalue weighted by Crippen LogP contribution is -2.24. The second kappa shape index (κ2) is 6.02. The van der Waals surface area contributed by atoms with E-state index >= 15 is 0 Å². The van der Waals surface area contributed by atoms with Gasteiger partial charge in [0.15, 0.2) is 0 Å². The number of nitrogens with one attached hydrogen (secondary N) is 1. The zero-order valence-corrected chi connectivity index (χ0v) is 12.8.